The molecule has 0 unspecified atom stereocenters. The van der Waals surface area contributed by atoms with Crippen LogP contribution in [0.15, 0.2) is 12.2 Å². The van der Waals surface area contributed by atoms with Crippen LogP contribution in [0.4, 0.5) is 4.79 Å². The summed E-state index contributed by atoms with van der Waals surface area (Å²) in [6.07, 6.45) is 5.52. The summed E-state index contributed by atoms with van der Waals surface area (Å²) in [5, 5.41) is 5.28. The summed E-state index contributed by atoms with van der Waals surface area (Å²) >= 11 is 0. The summed E-state index contributed by atoms with van der Waals surface area (Å²) in [7, 11) is 0. The number of nitrogens with two attached hydrogens (primary N) is 1. The molecule has 0 radical (unpaired) electrons. The van der Waals surface area contributed by atoms with Crippen molar-refractivity contribution in [1.82, 2.24) is 10.6 Å². The Bertz CT molecular complexity index is 269. The van der Waals surface area contributed by atoms with Crippen molar-refractivity contribution in [3.8, 4) is 0 Å². The van der Waals surface area contributed by atoms with Gasteiger partial charge in [-0.15, -0.1) is 0 Å². The molecule has 0 spiro atoms. The van der Waals surface area contributed by atoms with Gasteiger partial charge in [-0.1, -0.05) is 6.08 Å². The molecule has 1 saturated carbocycles. The molecule has 0 bridgehead atoms. The lowest BCUT2D eigenvalue weighted by molar-refractivity contribution is -0.119. The predicted molar refractivity (Wildman–Crippen MR) is 52.3 cm³/mol. The fourth-order valence-corrected chi connectivity index (χ4v) is 1.48. The van der Waals surface area contributed by atoms with E-state index >= 15 is 0 Å². The molecule has 14 heavy (non-hydrogen) atoms. The van der Waals surface area contributed by atoms with Crippen LogP contribution in [0, 0.1) is 0 Å². The van der Waals surface area contributed by atoms with E-state index in [-0.39, 0.29) is 5.91 Å². The molecule has 0 heterocycles. The second kappa shape index (κ2) is 4.13. The smallest absolute Gasteiger partial charge is 0.313 e. The average Bonchev–Trinajstić information content (AvgIpc) is 1.99. The maximum Gasteiger partial charge on any atom is 0.313 e. The van der Waals surface area contributed by atoms with Gasteiger partial charge >= 0.3 is 6.03 Å². The molecule has 5 heteroatoms. The number of hydrogen-bond donors (Lipinski definition) is 3. The number of hydrogen-bond acceptors (Lipinski definition) is 2. The van der Waals surface area contributed by atoms with E-state index in [2.05, 4.69) is 10.6 Å². The number of urea groups is 1. The van der Waals surface area contributed by atoms with Crippen LogP contribution in [-0.4, -0.2) is 17.6 Å². The molecule has 5 nitrogen and oxygen atoms in total. The summed E-state index contributed by atoms with van der Waals surface area (Å²) in [5.74, 6) is -0.207. The van der Waals surface area contributed by atoms with Crippen LogP contribution in [0.3, 0.4) is 0 Å². The minimum Gasteiger partial charge on any atom is -0.352 e. The Hall–Kier alpha value is -1.52. The van der Waals surface area contributed by atoms with E-state index < -0.39 is 11.7 Å². The third-order valence-electron chi connectivity index (χ3n) is 2.25. The number of carbonyl (C=O) groups is 2. The molecule has 1 aliphatic carbocycles. The van der Waals surface area contributed by atoms with E-state index in [9.17, 15) is 9.59 Å². The lowest BCUT2D eigenvalue weighted by Crippen LogP contribution is -2.65. The molecule has 0 saturated heterocycles. The van der Waals surface area contributed by atoms with Crippen LogP contribution in [-0.2, 0) is 4.79 Å². The van der Waals surface area contributed by atoms with E-state index in [1.165, 1.54) is 6.08 Å². The van der Waals surface area contributed by atoms with Gasteiger partial charge in [0, 0.05) is 0 Å². The van der Waals surface area contributed by atoms with Crippen molar-refractivity contribution in [2.75, 3.05) is 0 Å². The van der Waals surface area contributed by atoms with Crippen molar-refractivity contribution >= 4 is 11.9 Å². The van der Waals surface area contributed by atoms with Gasteiger partial charge < -0.3 is 16.4 Å². The largest absolute Gasteiger partial charge is 0.352 e. The molecule has 0 aromatic rings. The summed E-state index contributed by atoms with van der Waals surface area (Å²) in [5.41, 5.74) is 4.41. The Morgan fingerprint density at radius 1 is 1.36 bits per heavy atom. The van der Waals surface area contributed by atoms with Crippen molar-refractivity contribution in [3.63, 3.8) is 0 Å². The van der Waals surface area contributed by atoms with Crippen molar-refractivity contribution in [2.24, 2.45) is 5.73 Å². The van der Waals surface area contributed by atoms with E-state index in [4.69, 9.17) is 5.73 Å². The SMILES string of the molecule is CC=CC(=O)NC1(NC(N)=O)CCC1. The zero-order valence-corrected chi connectivity index (χ0v) is 8.17. The first-order valence-electron chi connectivity index (χ1n) is 4.60. The number of rotatable bonds is 3. The van der Waals surface area contributed by atoms with Gasteiger partial charge in [-0.25, -0.2) is 4.79 Å². The highest BCUT2D eigenvalue weighted by Crippen LogP contribution is 2.28. The summed E-state index contributed by atoms with van der Waals surface area (Å²) in [6.45, 7) is 1.76. The van der Waals surface area contributed by atoms with E-state index in [1.807, 2.05) is 0 Å². The fraction of sp³-hybridized carbons (Fsp3) is 0.556. The van der Waals surface area contributed by atoms with Crippen molar-refractivity contribution < 1.29 is 9.59 Å². The van der Waals surface area contributed by atoms with Crippen LogP contribution in [0.1, 0.15) is 26.2 Å². The molecule has 1 rings (SSSR count). The molecule has 0 aromatic heterocycles. The first-order chi connectivity index (χ1) is 6.58. The first kappa shape index (κ1) is 10.6. The van der Waals surface area contributed by atoms with Gasteiger partial charge in [-0.3, -0.25) is 4.79 Å². The normalized spacial score (nSPS) is 18.6. The summed E-state index contributed by atoms with van der Waals surface area (Å²) in [6, 6.07) is -0.606. The van der Waals surface area contributed by atoms with Gasteiger partial charge in [0.05, 0.1) is 0 Å². The van der Waals surface area contributed by atoms with Crippen molar-refractivity contribution in [2.45, 2.75) is 31.8 Å². The maximum atomic E-state index is 11.2. The molecule has 3 amide bonds. The molecule has 0 aromatic carbocycles. The molecule has 0 aliphatic heterocycles. The quantitative estimate of drug-likeness (QED) is 0.447. The summed E-state index contributed by atoms with van der Waals surface area (Å²) < 4.78 is 0. The molecule has 1 fully saturated rings. The second-order valence-corrected chi connectivity index (χ2v) is 3.41. The zero-order valence-electron chi connectivity index (χ0n) is 8.17. The van der Waals surface area contributed by atoms with Crippen molar-refractivity contribution in [3.05, 3.63) is 12.2 Å². The molecule has 78 valence electrons. The van der Waals surface area contributed by atoms with E-state index in [1.54, 1.807) is 13.0 Å². The Kier molecular flexibility index (Phi) is 3.11. The van der Waals surface area contributed by atoms with Gasteiger partial charge in [-0.05, 0) is 32.3 Å². The third-order valence-corrected chi connectivity index (χ3v) is 2.25. The Labute approximate surface area is 82.7 Å². The van der Waals surface area contributed by atoms with E-state index in [0.717, 1.165) is 19.3 Å². The third kappa shape index (κ3) is 2.48. The highest BCUT2D eigenvalue weighted by Gasteiger charge is 2.38. The lowest BCUT2D eigenvalue weighted by atomic mass is 9.84. The van der Waals surface area contributed by atoms with Gasteiger partial charge in [-0.2, -0.15) is 0 Å². The number of carbonyl (C=O) groups excluding carboxylic acids is 2. The van der Waals surface area contributed by atoms with Crippen LogP contribution >= 0.6 is 0 Å². The molecule has 0 atom stereocenters. The lowest BCUT2D eigenvalue weighted by Gasteiger charge is -2.42. The fourth-order valence-electron chi connectivity index (χ4n) is 1.48. The standard InChI is InChI=1S/C9H15N3O2/c1-2-4-7(13)11-9(5-3-6-9)12-8(10)14/h2,4H,3,5-6H2,1H3,(H,11,13)(H3,10,12,14). The minimum absolute atomic E-state index is 0.207. The Morgan fingerprint density at radius 3 is 2.36 bits per heavy atom. The maximum absolute atomic E-state index is 11.2. The van der Waals surface area contributed by atoms with Crippen LogP contribution in [0.5, 0.6) is 0 Å². The average molecular weight is 197 g/mol. The van der Waals surface area contributed by atoms with Crippen LogP contribution in [0.2, 0.25) is 0 Å². The zero-order chi connectivity index (χ0) is 10.6. The molecule has 1 aliphatic rings. The second-order valence-electron chi connectivity index (χ2n) is 3.41. The van der Waals surface area contributed by atoms with E-state index in [0.29, 0.717) is 0 Å². The van der Waals surface area contributed by atoms with Crippen LogP contribution < -0.4 is 16.4 Å². The Balaban J connectivity index is 2.53. The van der Waals surface area contributed by atoms with Crippen LogP contribution in [0.25, 0.3) is 0 Å². The monoisotopic (exact) mass is 197 g/mol. The molecule has 4 N–H and O–H groups in total. The highest BCUT2D eigenvalue weighted by atomic mass is 16.2. The molecular weight excluding hydrogens is 182 g/mol. The number of amides is 3. The first-order valence-corrected chi connectivity index (χ1v) is 4.60. The van der Waals surface area contributed by atoms with Gasteiger partial charge in [0.2, 0.25) is 5.91 Å². The minimum atomic E-state index is -0.609. The van der Waals surface area contributed by atoms with Crippen molar-refractivity contribution in [1.29, 1.82) is 0 Å². The molecular formula is C9H15N3O2. The van der Waals surface area contributed by atoms with Gasteiger partial charge in [0.25, 0.3) is 0 Å². The highest BCUT2D eigenvalue weighted by molar-refractivity contribution is 5.88. The van der Waals surface area contributed by atoms with Gasteiger partial charge in [0.15, 0.2) is 0 Å². The summed E-state index contributed by atoms with van der Waals surface area (Å²) in [4.78, 5) is 21.9. The number of allylic oxidation sites excluding steroid dienone is 1. The predicted octanol–water partition coefficient (Wildman–Crippen LogP) is 0.227. The number of nitrogens with one attached hydrogen (secondary N) is 2. The Morgan fingerprint density at radius 2 is 2.00 bits per heavy atom. The van der Waals surface area contributed by atoms with Gasteiger partial charge in [0.1, 0.15) is 5.66 Å². The topological polar surface area (TPSA) is 84.2 Å². The number of primary amides is 1.